The number of ether oxygens (including phenoxy) is 1. The second-order valence-electron chi connectivity index (χ2n) is 8.49. The fraction of sp³-hybridized carbons (Fsp3) is 0.360. The lowest BCUT2D eigenvalue weighted by atomic mass is 10.0. The van der Waals surface area contributed by atoms with Crippen molar-refractivity contribution in [1.29, 1.82) is 0 Å². The highest BCUT2D eigenvalue weighted by Crippen LogP contribution is 2.37. The zero-order chi connectivity index (χ0) is 29.0. The van der Waals surface area contributed by atoms with Crippen LogP contribution in [0.5, 0.6) is 5.75 Å². The summed E-state index contributed by atoms with van der Waals surface area (Å²) in [5.41, 5.74) is -3.25. The Morgan fingerprint density at radius 3 is 2.23 bits per heavy atom. The Labute approximate surface area is 223 Å². The Bertz CT molecular complexity index is 1290. The van der Waals surface area contributed by atoms with Crippen LogP contribution in [0, 0.1) is 0 Å². The van der Waals surface area contributed by atoms with E-state index in [2.05, 4.69) is 15.5 Å². The summed E-state index contributed by atoms with van der Waals surface area (Å²) in [5.74, 6) is -1.01. The first kappa shape index (κ1) is 29.9. The minimum absolute atomic E-state index is 0.0420. The lowest BCUT2D eigenvalue weighted by Gasteiger charge is -2.29. The molecule has 14 heteroatoms. The van der Waals surface area contributed by atoms with Gasteiger partial charge < -0.3 is 15.0 Å². The summed E-state index contributed by atoms with van der Waals surface area (Å²) >= 11 is 1.09. The van der Waals surface area contributed by atoms with E-state index >= 15 is 0 Å². The molecule has 39 heavy (non-hydrogen) atoms. The molecule has 1 atom stereocenters. The molecule has 0 saturated heterocycles. The molecule has 0 unspecified atom stereocenters. The molecule has 1 N–H and O–H groups in total. The molecule has 3 rings (SSSR count). The van der Waals surface area contributed by atoms with Gasteiger partial charge in [-0.25, -0.2) is 0 Å². The number of hydrogen-bond donors (Lipinski definition) is 1. The summed E-state index contributed by atoms with van der Waals surface area (Å²) in [7, 11) is 1.51. The van der Waals surface area contributed by atoms with E-state index in [1.54, 1.807) is 38.1 Å². The van der Waals surface area contributed by atoms with E-state index in [1.165, 1.54) is 7.11 Å². The van der Waals surface area contributed by atoms with Crippen LogP contribution in [0.15, 0.2) is 42.5 Å². The molecule has 0 bridgehead atoms. The maximum absolute atomic E-state index is 13.3. The van der Waals surface area contributed by atoms with Gasteiger partial charge in [0.05, 0.1) is 18.2 Å². The van der Waals surface area contributed by atoms with Crippen molar-refractivity contribution in [2.45, 2.75) is 45.1 Å². The summed E-state index contributed by atoms with van der Waals surface area (Å²) in [6.07, 6.45) is -10.1. The highest BCUT2D eigenvalue weighted by atomic mass is 32.1. The quantitative estimate of drug-likeness (QED) is 0.294. The van der Waals surface area contributed by atoms with Gasteiger partial charge in [-0.1, -0.05) is 30.4 Å². The number of nitrogens with one attached hydrogen (secondary N) is 1. The Balaban J connectivity index is 1.76. The van der Waals surface area contributed by atoms with Gasteiger partial charge in [-0.15, -0.1) is 10.2 Å². The molecule has 0 aliphatic heterocycles. The number of alkyl halides is 6. The number of nitrogens with zero attached hydrogens (tertiary/aromatic N) is 3. The van der Waals surface area contributed by atoms with Crippen molar-refractivity contribution >= 4 is 28.3 Å². The van der Waals surface area contributed by atoms with Gasteiger partial charge >= 0.3 is 12.4 Å². The second-order valence-corrected chi connectivity index (χ2v) is 9.47. The predicted octanol–water partition coefficient (Wildman–Crippen LogP) is 6.52. The third kappa shape index (κ3) is 7.68. The predicted molar refractivity (Wildman–Crippen MR) is 132 cm³/mol. The molecule has 0 aliphatic carbocycles. The minimum atomic E-state index is -5.09. The Morgan fingerprint density at radius 1 is 1.03 bits per heavy atom. The standard InChI is InChI=1S/C25H24F6N4O3S/c1-4-14(2)35(22(37)16-10-17(24(26,27)28)13-18(11-16)25(29,30)31)9-8-20(36)32-23-34-33-21(39-23)15-6-5-7-19(12-15)38-3/h5-7,10-14H,4,8-9H2,1-3H3,(H,32,34,36)/t14-/m0/s1. The summed E-state index contributed by atoms with van der Waals surface area (Å²) in [6.45, 7) is 3.03. The zero-order valence-electron chi connectivity index (χ0n) is 21.0. The Kier molecular flexibility index (Phi) is 9.20. The second kappa shape index (κ2) is 12.0. The number of benzene rings is 2. The largest absolute Gasteiger partial charge is 0.497 e. The van der Waals surface area contributed by atoms with Crippen molar-refractivity contribution in [2.24, 2.45) is 0 Å². The number of hydrogen-bond acceptors (Lipinski definition) is 6. The molecular formula is C25H24F6N4O3S. The van der Waals surface area contributed by atoms with Gasteiger partial charge in [0, 0.05) is 30.1 Å². The topological polar surface area (TPSA) is 84.4 Å². The number of carbonyl (C=O) groups is 2. The molecule has 7 nitrogen and oxygen atoms in total. The third-order valence-electron chi connectivity index (χ3n) is 5.79. The van der Waals surface area contributed by atoms with Crippen molar-refractivity contribution < 1.29 is 40.7 Å². The summed E-state index contributed by atoms with van der Waals surface area (Å²) in [5, 5.41) is 11.2. The van der Waals surface area contributed by atoms with Gasteiger partial charge in [-0.05, 0) is 43.7 Å². The Morgan fingerprint density at radius 2 is 1.67 bits per heavy atom. The Hall–Kier alpha value is -3.68. The van der Waals surface area contributed by atoms with Gasteiger partial charge in [-0.3, -0.25) is 9.59 Å². The van der Waals surface area contributed by atoms with Crippen LogP contribution in [0.25, 0.3) is 10.6 Å². The van der Waals surface area contributed by atoms with Crippen LogP contribution in [-0.4, -0.2) is 46.6 Å². The van der Waals surface area contributed by atoms with Crippen molar-refractivity contribution in [1.82, 2.24) is 15.1 Å². The van der Waals surface area contributed by atoms with Crippen molar-refractivity contribution in [2.75, 3.05) is 19.0 Å². The zero-order valence-corrected chi connectivity index (χ0v) is 21.8. The molecule has 210 valence electrons. The molecule has 0 saturated carbocycles. The first-order valence-corrected chi connectivity index (χ1v) is 12.4. The number of methoxy groups -OCH3 is 1. The van der Waals surface area contributed by atoms with E-state index < -0.39 is 46.9 Å². The molecule has 0 radical (unpaired) electrons. The molecule has 0 aliphatic rings. The van der Waals surface area contributed by atoms with E-state index in [4.69, 9.17) is 4.74 Å². The van der Waals surface area contributed by atoms with Crippen LogP contribution in [0.2, 0.25) is 0 Å². The van der Waals surface area contributed by atoms with Gasteiger partial charge in [0.25, 0.3) is 5.91 Å². The average Bonchev–Trinajstić information content (AvgIpc) is 3.35. The highest BCUT2D eigenvalue weighted by molar-refractivity contribution is 7.18. The minimum Gasteiger partial charge on any atom is -0.497 e. The van der Waals surface area contributed by atoms with Gasteiger partial charge in [0.15, 0.2) is 0 Å². The van der Waals surface area contributed by atoms with Crippen LogP contribution in [-0.2, 0) is 17.1 Å². The summed E-state index contributed by atoms with van der Waals surface area (Å²) < 4.78 is 84.8. The monoisotopic (exact) mass is 574 g/mol. The number of amides is 2. The smallest absolute Gasteiger partial charge is 0.416 e. The van der Waals surface area contributed by atoms with E-state index in [0.717, 1.165) is 16.2 Å². The summed E-state index contributed by atoms with van der Waals surface area (Å²) in [4.78, 5) is 26.8. The van der Waals surface area contributed by atoms with E-state index in [1.807, 2.05) is 0 Å². The fourth-order valence-corrected chi connectivity index (χ4v) is 4.29. The van der Waals surface area contributed by atoms with Crippen LogP contribution < -0.4 is 10.1 Å². The van der Waals surface area contributed by atoms with Crippen molar-refractivity contribution in [3.63, 3.8) is 0 Å². The molecule has 0 fully saturated rings. The molecule has 2 amide bonds. The number of aromatic nitrogens is 2. The number of rotatable bonds is 9. The van der Waals surface area contributed by atoms with Crippen LogP contribution in [0.4, 0.5) is 31.5 Å². The summed E-state index contributed by atoms with van der Waals surface area (Å²) in [6, 6.07) is 7.18. The lowest BCUT2D eigenvalue weighted by Crippen LogP contribution is -2.40. The van der Waals surface area contributed by atoms with Crippen molar-refractivity contribution in [3.05, 3.63) is 59.2 Å². The van der Waals surface area contributed by atoms with E-state index in [-0.39, 0.29) is 24.2 Å². The number of carbonyl (C=O) groups excluding carboxylic acids is 2. The first-order valence-electron chi connectivity index (χ1n) is 11.6. The van der Waals surface area contributed by atoms with E-state index in [9.17, 15) is 35.9 Å². The number of halogens is 6. The normalized spacial score (nSPS) is 12.6. The fourth-order valence-electron chi connectivity index (χ4n) is 3.54. The van der Waals surface area contributed by atoms with Crippen LogP contribution >= 0.6 is 11.3 Å². The first-order chi connectivity index (χ1) is 18.2. The third-order valence-corrected chi connectivity index (χ3v) is 6.67. The van der Waals surface area contributed by atoms with Gasteiger partial charge in [0.2, 0.25) is 11.0 Å². The van der Waals surface area contributed by atoms with Crippen LogP contribution in [0.1, 0.15) is 48.2 Å². The maximum atomic E-state index is 13.3. The molecule has 3 aromatic rings. The molecule has 1 aromatic heterocycles. The molecule has 1 heterocycles. The van der Waals surface area contributed by atoms with Crippen molar-refractivity contribution in [3.8, 4) is 16.3 Å². The SMILES string of the molecule is CC[C@H](C)N(CCC(=O)Nc1nnc(-c2cccc(OC)c2)s1)C(=O)c1cc(C(F)(F)F)cc(C(F)(F)F)c1. The molecular weight excluding hydrogens is 550 g/mol. The average molecular weight is 575 g/mol. The van der Waals surface area contributed by atoms with Gasteiger partial charge in [0.1, 0.15) is 10.8 Å². The highest BCUT2D eigenvalue weighted by Gasteiger charge is 2.38. The van der Waals surface area contributed by atoms with Crippen LogP contribution in [0.3, 0.4) is 0 Å². The molecule has 0 spiro atoms. The molecule has 2 aromatic carbocycles. The number of anilines is 1. The van der Waals surface area contributed by atoms with Gasteiger partial charge in [-0.2, -0.15) is 26.3 Å². The lowest BCUT2D eigenvalue weighted by molar-refractivity contribution is -0.143. The van der Waals surface area contributed by atoms with E-state index in [0.29, 0.717) is 34.9 Å². The maximum Gasteiger partial charge on any atom is 0.416 e.